The molecule has 1 saturated heterocycles. The number of esters is 1. The van der Waals surface area contributed by atoms with Gasteiger partial charge in [-0.25, -0.2) is 0 Å². The van der Waals surface area contributed by atoms with Crippen LogP contribution in [0.2, 0.25) is 4.82 Å². The Morgan fingerprint density at radius 2 is 1.73 bits per heavy atom. The van der Waals surface area contributed by atoms with Crippen molar-refractivity contribution >= 4 is 25.4 Å². The first kappa shape index (κ1) is 15.3. The Morgan fingerprint density at radius 1 is 1.05 bits per heavy atom. The van der Waals surface area contributed by atoms with Gasteiger partial charge in [-0.1, -0.05) is 0 Å². The fourth-order valence-electron chi connectivity index (χ4n) is 2.37. The van der Waals surface area contributed by atoms with E-state index in [4.69, 9.17) is 9.47 Å². The number of carbonyl (C=O) groups excluding carboxylic acids is 1. The van der Waals surface area contributed by atoms with E-state index in [1.807, 2.05) is 48.5 Å². The van der Waals surface area contributed by atoms with Gasteiger partial charge in [0.2, 0.25) is 0 Å². The van der Waals surface area contributed by atoms with Gasteiger partial charge in [-0.05, 0) is 0 Å². The molecule has 114 valence electrons. The quantitative estimate of drug-likeness (QED) is 0.585. The molecule has 0 N–H and O–H groups in total. The molecule has 0 bridgehead atoms. The van der Waals surface area contributed by atoms with E-state index in [9.17, 15) is 4.79 Å². The van der Waals surface area contributed by atoms with E-state index in [1.54, 1.807) is 0 Å². The first-order valence-electron chi connectivity index (χ1n) is 7.35. The molecule has 2 aromatic carbocycles. The summed E-state index contributed by atoms with van der Waals surface area (Å²) in [7, 11) is 0. The number of benzene rings is 2. The van der Waals surface area contributed by atoms with Crippen LogP contribution in [0.3, 0.4) is 0 Å². The summed E-state index contributed by atoms with van der Waals surface area (Å²) in [6, 6.07) is 20.2. The topological polar surface area (TPSA) is 35.5 Å². The van der Waals surface area contributed by atoms with Crippen LogP contribution in [-0.4, -0.2) is 33.6 Å². The standard InChI is InChI=1S/C18H18O3Se/c19-18-17(22-16-9-5-2-6-10-16)11-15(21-18)13-20-12-14-7-3-1-4-8-14/h1-10,15,17H,11-13H2/t15-,17-/m1/s1. The van der Waals surface area contributed by atoms with Crippen LogP contribution in [0.15, 0.2) is 60.7 Å². The van der Waals surface area contributed by atoms with Crippen molar-refractivity contribution in [2.45, 2.75) is 23.9 Å². The molecule has 0 aliphatic carbocycles. The van der Waals surface area contributed by atoms with Gasteiger partial charge in [-0.2, -0.15) is 0 Å². The molecule has 2 atom stereocenters. The summed E-state index contributed by atoms with van der Waals surface area (Å²) in [4.78, 5) is 12.0. The van der Waals surface area contributed by atoms with Gasteiger partial charge in [-0.3, -0.25) is 0 Å². The minimum atomic E-state index is -0.105. The van der Waals surface area contributed by atoms with Crippen molar-refractivity contribution in [1.82, 2.24) is 0 Å². The first-order valence-corrected chi connectivity index (χ1v) is 9.20. The van der Waals surface area contributed by atoms with E-state index < -0.39 is 0 Å². The Hall–Kier alpha value is -1.61. The number of carbonyl (C=O) groups is 1. The van der Waals surface area contributed by atoms with Crippen LogP contribution in [0.25, 0.3) is 0 Å². The molecule has 1 fully saturated rings. The summed E-state index contributed by atoms with van der Waals surface area (Å²) < 4.78 is 12.4. The monoisotopic (exact) mass is 362 g/mol. The van der Waals surface area contributed by atoms with Gasteiger partial charge in [0.25, 0.3) is 0 Å². The van der Waals surface area contributed by atoms with E-state index in [2.05, 4.69) is 12.1 Å². The molecule has 0 amide bonds. The van der Waals surface area contributed by atoms with Crippen LogP contribution in [0.5, 0.6) is 0 Å². The Morgan fingerprint density at radius 3 is 2.45 bits per heavy atom. The average Bonchev–Trinajstić information content (AvgIpc) is 2.89. The predicted molar refractivity (Wildman–Crippen MR) is 86.2 cm³/mol. The van der Waals surface area contributed by atoms with Crippen LogP contribution >= 0.6 is 0 Å². The molecule has 0 saturated carbocycles. The predicted octanol–water partition coefficient (Wildman–Crippen LogP) is 2.34. The zero-order chi connectivity index (χ0) is 15.2. The van der Waals surface area contributed by atoms with Crippen molar-refractivity contribution in [3.63, 3.8) is 0 Å². The normalized spacial score (nSPS) is 20.8. The number of rotatable bonds is 6. The fourth-order valence-corrected chi connectivity index (χ4v) is 4.69. The third kappa shape index (κ3) is 4.20. The molecule has 1 aliphatic heterocycles. The summed E-state index contributed by atoms with van der Waals surface area (Å²) in [5.41, 5.74) is 1.14. The second-order valence-electron chi connectivity index (χ2n) is 5.21. The average molecular weight is 361 g/mol. The van der Waals surface area contributed by atoms with Gasteiger partial charge in [0.15, 0.2) is 0 Å². The second kappa shape index (κ2) is 7.59. The maximum atomic E-state index is 12.0. The fraction of sp³-hybridized carbons (Fsp3) is 0.278. The molecule has 1 heterocycles. The number of hydrogen-bond acceptors (Lipinski definition) is 3. The van der Waals surface area contributed by atoms with Crippen molar-refractivity contribution in [2.75, 3.05) is 6.61 Å². The number of hydrogen-bond donors (Lipinski definition) is 0. The van der Waals surface area contributed by atoms with E-state index >= 15 is 0 Å². The van der Waals surface area contributed by atoms with Crippen LogP contribution < -0.4 is 4.46 Å². The zero-order valence-corrected chi connectivity index (χ0v) is 13.9. The minimum absolute atomic E-state index is 0.0141. The van der Waals surface area contributed by atoms with Crippen LogP contribution in [0.1, 0.15) is 12.0 Å². The number of cyclic esters (lactones) is 1. The van der Waals surface area contributed by atoms with Gasteiger partial charge in [0, 0.05) is 0 Å². The first-order chi connectivity index (χ1) is 10.8. The van der Waals surface area contributed by atoms with E-state index in [0.29, 0.717) is 13.2 Å². The van der Waals surface area contributed by atoms with E-state index in [-0.39, 0.29) is 31.8 Å². The summed E-state index contributed by atoms with van der Waals surface area (Å²) in [5, 5.41) is 0. The summed E-state index contributed by atoms with van der Waals surface area (Å²) >= 11 is 0.131. The molecular weight excluding hydrogens is 343 g/mol. The van der Waals surface area contributed by atoms with Crippen molar-refractivity contribution in [1.29, 1.82) is 0 Å². The van der Waals surface area contributed by atoms with Crippen molar-refractivity contribution < 1.29 is 14.3 Å². The Kier molecular flexibility index (Phi) is 5.28. The molecule has 2 aromatic rings. The van der Waals surface area contributed by atoms with Crippen LogP contribution in [-0.2, 0) is 20.9 Å². The van der Waals surface area contributed by atoms with Gasteiger partial charge in [0.05, 0.1) is 0 Å². The van der Waals surface area contributed by atoms with E-state index in [0.717, 1.165) is 12.0 Å². The Balaban J connectivity index is 1.45. The van der Waals surface area contributed by atoms with E-state index in [1.165, 1.54) is 4.46 Å². The molecule has 3 rings (SSSR count). The Labute approximate surface area is 136 Å². The van der Waals surface area contributed by atoms with Crippen molar-refractivity contribution in [3.8, 4) is 0 Å². The SMILES string of the molecule is O=C1O[C@@H](COCc2ccccc2)C[C@H]1[Se]c1ccccc1. The number of ether oxygens (including phenoxy) is 2. The van der Waals surface area contributed by atoms with Gasteiger partial charge >= 0.3 is 136 Å². The Bertz CT molecular complexity index is 600. The van der Waals surface area contributed by atoms with Gasteiger partial charge in [0.1, 0.15) is 0 Å². The van der Waals surface area contributed by atoms with Crippen LogP contribution in [0, 0.1) is 0 Å². The maximum absolute atomic E-state index is 12.0. The molecule has 0 aromatic heterocycles. The second-order valence-corrected chi connectivity index (χ2v) is 7.89. The van der Waals surface area contributed by atoms with Gasteiger partial charge < -0.3 is 0 Å². The molecule has 22 heavy (non-hydrogen) atoms. The molecule has 3 nitrogen and oxygen atoms in total. The third-order valence-corrected chi connectivity index (χ3v) is 6.01. The van der Waals surface area contributed by atoms with Crippen molar-refractivity contribution in [3.05, 3.63) is 66.2 Å². The molecule has 0 spiro atoms. The van der Waals surface area contributed by atoms with Gasteiger partial charge in [-0.15, -0.1) is 0 Å². The molecule has 0 radical (unpaired) electrons. The van der Waals surface area contributed by atoms with Crippen LogP contribution in [0.4, 0.5) is 0 Å². The summed E-state index contributed by atoms with van der Waals surface area (Å²) in [6.07, 6.45) is 0.662. The molecule has 1 aliphatic rings. The van der Waals surface area contributed by atoms with Crippen molar-refractivity contribution in [2.24, 2.45) is 0 Å². The molecule has 4 heteroatoms. The molecule has 0 unspecified atom stereocenters. The zero-order valence-electron chi connectivity index (χ0n) is 12.2. The molecular formula is C18H18O3Se. The third-order valence-electron chi connectivity index (χ3n) is 3.46. The summed E-state index contributed by atoms with van der Waals surface area (Å²) in [6.45, 7) is 1.03. The summed E-state index contributed by atoms with van der Waals surface area (Å²) in [5.74, 6) is -0.0721.